The van der Waals surface area contributed by atoms with E-state index in [9.17, 15) is 9.59 Å². The average Bonchev–Trinajstić information content (AvgIpc) is 2.65. The topological polar surface area (TPSA) is 70.7 Å². The minimum atomic E-state index is -0.436. The van der Waals surface area contributed by atoms with Crippen molar-refractivity contribution in [3.8, 4) is 5.75 Å². The van der Waals surface area contributed by atoms with Crippen LogP contribution in [0.5, 0.6) is 5.75 Å². The van der Waals surface area contributed by atoms with E-state index in [0.29, 0.717) is 24.5 Å². The van der Waals surface area contributed by atoms with Crippen molar-refractivity contribution in [3.05, 3.63) is 54.1 Å². The van der Waals surface area contributed by atoms with E-state index < -0.39 is 6.04 Å². The van der Waals surface area contributed by atoms with Crippen molar-refractivity contribution in [3.63, 3.8) is 0 Å². The van der Waals surface area contributed by atoms with Crippen LogP contribution in [0, 0.1) is 0 Å². The van der Waals surface area contributed by atoms with E-state index in [2.05, 4.69) is 10.6 Å². The molecule has 0 aromatic heterocycles. The van der Waals surface area contributed by atoms with Crippen molar-refractivity contribution in [1.82, 2.24) is 4.90 Å². The van der Waals surface area contributed by atoms with Gasteiger partial charge in [0.05, 0.1) is 18.7 Å². The van der Waals surface area contributed by atoms with Crippen LogP contribution >= 0.6 is 0 Å². The number of carbonyl (C=O) groups excluding carboxylic acids is 2. The molecule has 1 atom stereocenters. The second-order valence-corrected chi connectivity index (χ2v) is 6.45. The van der Waals surface area contributed by atoms with Gasteiger partial charge in [-0.3, -0.25) is 9.59 Å². The van der Waals surface area contributed by atoms with Gasteiger partial charge in [-0.15, -0.1) is 0 Å². The van der Waals surface area contributed by atoms with E-state index in [4.69, 9.17) is 4.74 Å². The number of hydrogen-bond donors (Lipinski definition) is 2. The molecule has 6 nitrogen and oxygen atoms in total. The smallest absolute Gasteiger partial charge is 0.246 e. The highest BCUT2D eigenvalue weighted by atomic mass is 16.5. The maximum Gasteiger partial charge on any atom is 0.246 e. The molecule has 1 unspecified atom stereocenters. The van der Waals surface area contributed by atoms with Gasteiger partial charge in [0.2, 0.25) is 11.8 Å². The number of anilines is 2. The van der Waals surface area contributed by atoms with Crippen LogP contribution in [0.25, 0.3) is 0 Å². The fraction of sp³-hybridized carbons (Fsp3) is 0.333. The van der Waals surface area contributed by atoms with Gasteiger partial charge in [-0.25, -0.2) is 0 Å². The third kappa shape index (κ3) is 6.02. The molecule has 0 saturated heterocycles. The highest BCUT2D eigenvalue weighted by Crippen LogP contribution is 2.24. The van der Waals surface area contributed by atoms with Gasteiger partial charge in [0, 0.05) is 19.8 Å². The van der Waals surface area contributed by atoms with Crippen LogP contribution in [0.4, 0.5) is 11.4 Å². The summed E-state index contributed by atoms with van der Waals surface area (Å²) in [5.41, 5.74) is 2.40. The first-order valence-corrected chi connectivity index (χ1v) is 8.99. The van der Waals surface area contributed by atoms with Gasteiger partial charge in [0.25, 0.3) is 0 Å². The van der Waals surface area contributed by atoms with Crippen LogP contribution in [0.2, 0.25) is 0 Å². The standard InChI is InChI=1S/C21H27N3O3/c1-5-27-19-9-7-6-8-18(19)23-21(26)15(2)22-17-12-10-16(11-13-17)14-20(25)24(3)4/h6-13,15,22H,5,14H2,1-4H3,(H,23,26). The average molecular weight is 369 g/mol. The van der Waals surface area contributed by atoms with Crippen molar-refractivity contribution in [2.75, 3.05) is 31.3 Å². The molecule has 0 aliphatic heterocycles. The van der Waals surface area contributed by atoms with E-state index in [1.807, 2.05) is 55.5 Å². The fourth-order valence-corrected chi connectivity index (χ4v) is 2.46. The Morgan fingerprint density at radius 3 is 2.37 bits per heavy atom. The summed E-state index contributed by atoms with van der Waals surface area (Å²) in [5, 5.41) is 6.06. The largest absolute Gasteiger partial charge is 0.492 e. The normalized spacial score (nSPS) is 11.4. The van der Waals surface area contributed by atoms with Crippen molar-refractivity contribution in [2.24, 2.45) is 0 Å². The number of nitrogens with one attached hydrogen (secondary N) is 2. The Bertz CT molecular complexity index is 772. The lowest BCUT2D eigenvalue weighted by molar-refractivity contribution is -0.128. The lowest BCUT2D eigenvalue weighted by atomic mass is 10.1. The first-order valence-electron chi connectivity index (χ1n) is 8.99. The molecule has 27 heavy (non-hydrogen) atoms. The van der Waals surface area contributed by atoms with Gasteiger partial charge in [-0.2, -0.15) is 0 Å². The van der Waals surface area contributed by atoms with Crippen LogP contribution < -0.4 is 15.4 Å². The van der Waals surface area contributed by atoms with Crippen LogP contribution in [0.15, 0.2) is 48.5 Å². The quantitative estimate of drug-likeness (QED) is 0.750. The third-order valence-corrected chi connectivity index (χ3v) is 4.03. The molecule has 2 N–H and O–H groups in total. The predicted molar refractivity (Wildman–Crippen MR) is 108 cm³/mol. The van der Waals surface area contributed by atoms with Crippen molar-refractivity contribution in [1.29, 1.82) is 0 Å². The molecule has 0 saturated carbocycles. The summed E-state index contributed by atoms with van der Waals surface area (Å²) in [4.78, 5) is 25.8. The second-order valence-electron chi connectivity index (χ2n) is 6.45. The minimum absolute atomic E-state index is 0.0522. The summed E-state index contributed by atoms with van der Waals surface area (Å²) in [7, 11) is 3.48. The lowest BCUT2D eigenvalue weighted by Crippen LogP contribution is -2.32. The Morgan fingerprint density at radius 2 is 1.74 bits per heavy atom. The van der Waals surface area contributed by atoms with Crippen molar-refractivity contribution < 1.29 is 14.3 Å². The molecule has 2 aromatic rings. The molecule has 2 rings (SSSR count). The highest BCUT2D eigenvalue weighted by molar-refractivity contribution is 5.97. The van der Waals surface area contributed by atoms with Gasteiger partial charge in [0.15, 0.2) is 0 Å². The Labute approximate surface area is 160 Å². The monoisotopic (exact) mass is 369 g/mol. The van der Waals surface area contributed by atoms with Crippen molar-refractivity contribution >= 4 is 23.2 Å². The zero-order valence-corrected chi connectivity index (χ0v) is 16.3. The minimum Gasteiger partial charge on any atom is -0.492 e. The molecule has 6 heteroatoms. The number of rotatable bonds is 8. The van der Waals surface area contributed by atoms with E-state index in [1.165, 1.54) is 0 Å². The van der Waals surface area contributed by atoms with Gasteiger partial charge in [-0.1, -0.05) is 24.3 Å². The Hall–Kier alpha value is -3.02. The fourth-order valence-electron chi connectivity index (χ4n) is 2.46. The summed E-state index contributed by atoms with van der Waals surface area (Å²) in [6.45, 7) is 4.23. The Morgan fingerprint density at radius 1 is 1.07 bits per heavy atom. The lowest BCUT2D eigenvalue weighted by Gasteiger charge is -2.17. The summed E-state index contributed by atoms with van der Waals surface area (Å²) in [6.07, 6.45) is 0.359. The molecule has 0 aliphatic carbocycles. The molecule has 2 aromatic carbocycles. The first kappa shape index (κ1) is 20.3. The van der Waals surface area contributed by atoms with Crippen LogP contribution in [-0.4, -0.2) is 43.5 Å². The Balaban J connectivity index is 1.95. The maximum atomic E-state index is 12.5. The summed E-state index contributed by atoms with van der Waals surface area (Å²) in [6, 6.07) is 14.4. The number of hydrogen-bond acceptors (Lipinski definition) is 4. The number of ether oxygens (including phenoxy) is 1. The summed E-state index contributed by atoms with van der Waals surface area (Å²) in [5.74, 6) is 0.542. The van der Waals surface area contributed by atoms with E-state index in [-0.39, 0.29) is 11.8 Å². The molecule has 2 amide bonds. The molecule has 0 spiro atoms. The van der Waals surface area contributed by atoms with Gasteiger partial charge >= 0.3 is 0 Å². The molecular weight excluding hydrogens is 342 g/mol. The van der Waals surface area contributed by atoms with Gasteiger partial charge in [0.1, 0.15) is 11.8 Å². The molecule has 0 fully saturated rings. The summed E-state index contributed by atoms with van der Waals surface area (Å²) < 4.78 is 5.53. The van der Waals surface area contributed by atoms with E-state index >= 15 is 0 Å². The van der Waals surface area contributed by atoms with Crippen LogP contribution in [-0.2, 0) is 16.0 Å². The SMILES string of the molecule is CCOc1ccccc1NC(=O)C(C)Nc1ccc(CC(=O)N(C)C)cc1. The zero-order chi connectivity index (χ0) is 19.8. The number of carbonyl (C=O) groups is 2. The maximum absolute atomic E-state index is 12.5. The number of amides is 2. The first-order chi connectivity index (χ1) is 12.9. The molecular formula is C21H27N3O3. The number of para-hydroxylation sites is 2. The number of benzene rings is 2. The van der Waals surface area contributed by atoms with Crippen molar-refractivity contribution in [2.45, 2.75) is 26.3 Å². The van der Waals surface area contributed by atoms with Gasteiger partial charge < -0.3 is 20.3 Å². The third-order valence-electron chi connectivity index (χ3n) is 4.03. The predicted octanol–water partition coefficient (Wildman–Crippen LogP) is 3.16. The van der Waals surface area contributed by atoms with E-state index in [0.717, 1.165) is 11.3 Å². The van der Waals surface area contributed by atoms with Gasteiger partial charge in [-0.05, 0) is 43.7 Å². The number of likely N-dealkylation sites (N-methyl/N-ethyl adjacent to an activating group) is 1. The molecule has 0 heterocycles. The van der Waals surface area contributed by atoms with Crippen LogP contribution in [0.3, 0.4) is 0 Å². The Kier molecular flexibility index (Phi) is 7.23. The second kappa shape index (κ2) is 9.62. The van der Waals surface area contributed by atoms with Crippen LogP contribution in [0.1, 0.15) is 19.4 Å². The molecule has 144 valence electrons. The molecule has 0 aliphatic rings. The molecule has 0 bridgehead atoms. The molecule has 0 radical (unpaired) electrons. The highest BCUT2D eigenvalue weighted by Gasteiger charge is 2.15. The summed E-state index contributed by atoms with van der Waals surface area (Å²) >= 11 is 0. The zero-order valence-electron chi connectivity index (χ0n) is 16.3. The van der Waals surface area contributed by atoms with E-state index in [1.54, 1.807) is 25.9 Å². The number of nitrogens with zero attached hydrogens (tertiary/aromatic N) is 1.